The summed E-state index contributed by atoms with van der Waals surface area (Å²) in [6.07, 6.45) is 7.00. The fraction of sp³-hybridized carbons (Fsp3) is 0.625. The zero-order valence-electron chi connectivity index (χ0n) is 11.0. The summed E-state index contributed by atoms with van der Waals surface area (Å²) in [6.45, 7) is 3.00. The molecule has 1 aromatic rings. The summed E-state index contributed by atoms with van der Waals surface area (Å²) >= 11 is 0. The molecule has 1 aromatic carbocycles. The zero-order chi connectivity index (χ0) is 12.2. The van der Waals surface area contributed by atoms with Crippen LogP contribution in [0.5, 0.6) is 0 Å². The van der Waals surface area contributed by atoms with Crippen molar-refractivity contribution < 1.29 is 4.74 Å². The first-order chi connectivity index (χ1) is 8.93. The SMILES string of the molecule is c1ccc2c(c1)CCOC2CNCC1CCCC1. The standard InChI is InChI=1S/C16H23NO/c1-2-6-13(5-1)11-17-12-16-15-8-4-3-7-14(15)9-10-18-16/h3-4,7-8,13,16-17H,1-2,5-6,9-12H2. The van der Waals surface area contributed by atoms with Crippen molar-refractivity contribution in [1.82, 2.24) is 5.32 Å². The zero-order valence-corrected chi connectivity index (χ0v) is 11.0. The lowest BCUT2D eigenvalue weighted by Gasteiger charge is -2.26. The molecule has 1 aliphatic heterocycles. The summed E-state index contributed by atoms with van der Waals surface area (Å²) in [4.78, 5) is 0. The Morgan fingerprint density at radius 2 is 1.94 bits per heavy atom. The van der Waals surface area contributed by atoms with Gasteiger partial charge in [0.15, 0.2) is 0 Å². The third-order valence-corrected chi connectivity index (χ3v) is 4.33. The minimum absolute atomic E-state index is 0.261. The molecule has 0 saturated heterocycles. The average Bonchev–Trinajstić information content (AvgIpc) is 2.92. The number of ether oxygens (including phenoxy) is 1. The van der Waals surface area contributed by atoms with Gasteiger partial charge in [0.1, 0.15) is 0 Å². The van der Waals surface area contributed by atoms with Crippen molar-refractivity contribution >= 4 is 0 Å². The topological polar surface area (TPSA) is 21.3 Å². The molecule has 1 aliphatic carbocycles. The van der Waals surface area contributed by atoms with Gasteiger partial charge in [0.2, 0.25) is 0 Å². The molecule has 2 heteroatoms. The maximum absolute atomic E-state index is 5.91. The first-order valence-electron chi connectivity index (χ1n) is 7.33. The summed E-state index contributed by atoms with van der Waals surface area (Å²) in [5, 5.41) is 3.61. The Bertz CT molecular complexity index is 384. The summed E-state index contributed by atoms with van der Waals surface area (Å²) in [7, 11) is 0. The molecule has 1 atom stereocenters. The Balaban J connectivity index is 1.54. The van der Waals surface area contributed by atoms with Crippen LogP contribution < -0.4 is 5.32 Å². The van der Waals surface area contributed by atoms with Crippen LogP contribution in [-0.4, -0.2) is 19.7 Å². The van der Waals surface area contributed by atoms with Crippen LogP contribution in [0.2, 0.25) is 0 Å². The van der Waals surface area contributed by atoms with E-state index in [4.69, 9.17) is 4.74 Å². The van der Waals surface area contributed by atoms with E-state index in [2.05, 4.69) is 29.6 Å². The van der Waals surface area contributed by atoms with Crippen LogP contribution in [0.25, 0.3) is 0 Å². The van der Waals surface area contributed by atoms with Gasteiger partial charge < -0.3 is 10.1 Å². The maximum Gasteiger partial charge on any atom is 0.0952 e. The van der Waals surface area contributed by atoms with Gasteiger partial charge in [-0.05, 0) is 42.9 Å². The summed E-state index contributed by atoms with van der Waals surface area (Å²) in [5.74, 6) is 0.906. The third kappa shape index (κ3) is 2.76. The molecule has 3 rings (SSSR count). The van der Waals surface area contributed by atoms with Crippen LogP contribution in [0, 0.1) is 5.92 Å². The van der Waals surface area contributed by atoms with Crippen LogP contribution in [0.4, 0.5) is 0 Å². The van der Waals surface area contributed by atoms with Gasteiger partial charge >= 0.3 is 0 Å². The van der Waals surface area contributed by atoms with Gasteiger partial charge in [0.25, 0.3) is 0 Å². The Kier molecular flexibility index (Phi) is 3.96. The normalized spacial score (nSPS) is 24.1. The molecule has 0 aromatic heterocycles. The number of rotatable bonds is 4. The number of benzene rings is 1. The molecule has 2 aliphatic rings. The molecule has 2 nitrogen and oxygen atoms in total. The van der Waals surface area contributed by atoms with Crippen LogP contribution >= 0.6 is 0 Å². The summed E-state index contributed by atoms with van der Waals surface area (Å²) in [5.41, 5.74) is 2.86. The van der Waals surface area contributed by atoms with Crippen molar-refractivity contribution in [2.45, 2.75) is 38.2 Å². The van der Waals surface area contributed by atoms with E-state index in [1.807, 2.05) is 0 Å². The minimum atomic E-state index is 0.261. The van der Waals surface area contributed by atoms with Gasteiger partial charge in [-0.3, -0.25) is 0 Å². The largest absolute Gasteiger partial charge is 0.372 e. The van der Waals surface area contributed by atoms with Crippen molar-refractivity contribution in [2.75, 3.05) is 19.7 Å². The van der Waals surface area contributed by atoms with E-state index in [0.717, 1.165) is 25.5 Å². The van der Waals surface area contributed by atoms with E-state index in [1.54, 1.807) is 0 Å². The average molecular weight is 245 g/mol. The van der Waals surface area contributed by atoms with Gasteiger partial charge in [-0.2, -0.15) is 0 Å². The first kappa shape index (κ1) is 12.2. The third-order valence-electron chi connectivity index (χ3n) is 4.33. The maximum atomic E-state index is 5.91. The highest BCUT2D eigenvalue weighted by Crippen LogP contribution is 2.27. The van der Waals surface area contributed by atoms with Crippen LogP contribution in [0.1, 0.15) is 42.9 Å². The second-order valence-electron chi connectivity index (χ2n) is 5.62. The monoisotopic (exact) mass is 245 g/mol. The first-order valence-corrected chi connectivity index (χ1v) is 7.33. The number of hydrogen-bond donors (Lipinski definition) is 1. The Labute approximate surface area is 110 Å². The fourth-order valence-electron chi connectivity index (χ4n) is 3.28. The molecule has 0 bridgehead atoms. The Morgan fingerprint density at radius 3 is 2.83 bits per heavy atom. The van der Waals surface area contributed by atoms with E-state index < -0.39 is 0 Å². The molecule has 1 saturated carbocycles. The number of hydrogen-bond acceptors (Lipinski definition) is 2. The molecular weight excluding hydrogens is 222 g/mol. The fourth-order valence-corrected chi connectivity index (χ4v) is 3.28. The predicted octanol–water partition coefficient (Wildman–Crippen LogP) is 3.08. The second kappa shape index (κ2) is 5.85. The lowest BCUT2D eigenvalue weighted by atomic mass is 9.97. The van der Waals surface area contributed by atoms with Crippen LogP contribution in [-0.2, 0) is 11.2 Å². The molecule has 18 heavy (non-hydrogen) atoms. The molecular formula is C16H23NO. The smallest absolute Gasteiger partial charge is 0.0952 e. The predicted molar refractivity (Wildman–Crippen MR) is 73.7 cm³/mol. The molecule has 1 N–H and O–H groups in total. The number of nitrogens with one attached hydrogen (secondary N) is 1. The second-order valence-corrected chi connectivity index (χ2v) is 5.62. The molecule has 1 fully saturated rings. The van der Waals surface area contributed by atoms with Crippen molar-refractivity contribution in [3.8, 4) is 0 Å². The van der Waals surface area contributed by atoms with Gasteiger partial charge in [-0.1, -0.05) is 37.1 Å². The molecule has 0 amide bonds. The van der Waals surface area contributed by atoms with Crippen molar-refractivity contribution in [2.24, 2.45) is 5.92 Å². The molecule has 0 radical (unpaired) electrons. The lowest BCUT2D eigenvalue weighted by molar-refractivity contribution is 0.0420. The lowest BCUT2D eigenvalue weighted by Crippen LogP contribution is -2.30. The summed E-state index contributed by atoms with van der Waals surface area (Å²) in [6, 6.07) is 8.71. The molecule has 98 valence electrons. The van der Waals surface area contributed by atoms with Crippen molar-refractivity contribution in [1.29, 1.82) is 0 Å². The highest BCUT2D eigenvalue weighted by molar-refractivity contribution is 5.31. The van der Waals surface area contributed by atoms with Gasteiger partial charge in [-0.25, -0.2) is 0 Å². The van der Waals surface area contributed by atoms with Crippen molar-refractivity contribution in [3.63, 3.8) is 0 Å². The van der Waals surface area contributed by atoms with Gasteiger partial charge in [0, 0.05) is 6.54 Å². The van der Waals surface area contributed by atoms with Gasteiger partial charge in [0.05, 0.1) is 12.7 Å². The Hall–Kier alpha value is -0.860. The van der Waals surface area contributed by atoms with Crippen LogP contribution in [0.15, 0.2) is 24.3 Å². The van der Waals surface area contributed by atoms with Crippen molar-refractivity contribution in [3.05, 3.63) is 35.4 Å². The Morgan fingerprint density at radius 1 is 1.11 bits per heavy atom. The molecule has 0 spiro atoms. The molecule has 1 unspecified atom stereocenters. The van der Waals surface area contributed by atoms with E-state index in [9.17, 15) is 0 Å². The van der Waals surface area contributed by atoms with Crippen LogP contribution in [0.3, 0.4) is 0 Å². The minimum Gasteiger partial charge on any atom is -0.372 e. The highest BCUT2D eigenvalue weighted by atomic mass is 16.5. The van der Waals surface area contributed by atoms with Gasteiger partial charge in [-0.15, -0.1) is 0 Å². The van der Waals surface area contributed by atoms with E-state index in [1.165, 1.54) is 43.4 Å². The summed E-state index contributed by atoms with van der Waals surface area (Å²) < 4.78 is 5.91. The van der Waals surface area contributed by atoms with E-state index in [0.29, 0.717) is 0 Å². The van der Waals surface area contributed by atoms with E-state index in [-0.39, 0.29) is 6.10 Å². The highest BCUT2D eigenvalue weighted by Gasteiger charge is 2.21. The molecule has 1 heterocycles. The number of fused-ring (bicyclic) bond motifs is 1. The van der Waals surface area contributed by atoms with E-state index >= 15 is 0 Å². The quantitative estimate of drug-likeness (QED) is 0.880.